The van der Waals surface area contributed by atoms with Gasteiger partial charge < -0.3 is 15.5 Å². The zero-order valence-corrected chi connectivity index (χ0v) is 20.4. The van der Waals surface area contributed by atoms with E-state index in [4.69, 9.17) is 0 Å². The first-order valence-electron chi connectivity index (χ1n) is 11.7. The van der Waals surface area contributed by atoms with Crippen molar-refractivity contribution >= 4 is 22.0 Å². The minimum atomic E-state index is -3.50. The van der Waals surface area contributed by atoms with Gasteiger partial charge in [0.25, 0.3) is 0 Å². The molecule has 1 aromatic rings. The van der Waals surface area contributed by atoms with Gasteiger partial charge in [-0.1, -0.05) is 36.9 Å². The molecule has 2 fully saturated rings. The van der Waals surface area contributed by atoms with Crippen molar-refractivity contribution in [1.29, 1.82) is 0 Å². The van der Waals surface area contributed by atoms with Crippen LogP contribution in [0.4, 0.5) is 4.79 Å². The lowest BCUT2D eigenvalue weighted by Gasteiger charge is -2.44. The number of rotatable bonds is 7. The van der Waals surface area contributed by atoms with E-state index in [-0.39, 0.29) is 30.1 Å². The van der Waals surface area contributed by atoms with Crippen molar-refractivity contribution in [2.45, 2.75) is 69.3 Å². The molecule has 8 nitrogen and oxygen atoms in total. The number of hydrogen-bond donors (Lipinski definition) is 2. The van der Waals surface area contributed by atoms with Crippen molar-refractivity contribution < 1.29 is 18.0 Å². The van der Waals surface area contributed by atoms with Gasteiger partial charge in [-0.3, -0.25) is 4.79 Å². The van der Waals surface area contributed by atoms with Crippen LogP contribution in [0.3, 0.4) is 0 Å². The van der Waals surface area contributed by atoms with Gasteiger partial charge in [0.05, 0.1) is 5.25 Å². The first-order valence-corrected chi connectivity index (χ1v) is 13.2. The Hall–Kier alpha value is -2.39. The van der Waals surface area contributed by atoms with Crippen LogP contribution in [0.2, 0.25) is 0 Å². The van der Waals surface area contributed by atoms with Gasteiger partial charge in [-0.05, 0) is 57.6 Å². The molecule has 2 aliphatic rings. The average molecular weight is 477 g/mol. The molecule has 9 heteroatoms. The normalized spacial score (nSPS) is 24.8. The Balaban J connectivity index is 1.50. The van der Waals surface area contributed by atoms with E-state index in [1.165, 1.54) is 11.6 Å². The first kappa shape index (κ1) is 25.2. The zero-order chi connectivity index (χ0) is 24.0. The Labute approximate surface area is 197 Å². The molecular weight excluding hydrogens is 440 g/mol. The van der Waals surface area contributed by atoms with E-state index < -0.39 is 15.3 Å². The summed E-state index contributed by atoms with van der Waals surface area (Å²) in [6, 6.07) is 9.37. The van der Waals surface area contributed by atoms with Crippen molar-refractivity contribution in [3.63, 3.8) is 0 Å². The number of hydrogen-bond acceptors (Lipinski definition) is 4. The molecule has 3 amide bonds. The van der Waals surface area contributed by atoms with E-state index in [1.807, 2.05) is 44.2 Å². The van der Waals surface area contributed by atoms with Crippen molar-refractivity contribution in [3.05, 3.63) is 48.6 Å². The van der Waals surface area contributed by atoms with Crippen LogP contribution in [-0.2, 0) is 21.2 Å². The van der Waals surface area contributed by atoms with Gasteiger partial charge in [0, 0.05) is 37.8 Å². The molecule has 182 valence electrons. The molecule has 0 bridgehead atoms. The number of likely N-dealkylation sites (tertiary alicyclic amines) is 1. The lowest BCUT2D eigenvalue weighted by atomic mass is 9.95. The molecule has 1 aromatic carbocycles. The van der Waals surface area contributed by atoms with E-state index in [2.05, 4.69) is 17.2 Å². The minimum Gasteiger partial charge on any atom is -0.350 e. The van der Waals surface area contributed by atoms with Crippen LogP contribution in [-0.4, -0.2) is 72.6 Å². The topological polar surface area (TPSA) is 98.8 Å². The molecule has 2 unspecified atom stereocenters. The first-order chi connectivity index (χ1) is 15.7. The molecule has 0 aliphatic carbocycles. The predicted octanol–water partition coefficient (Wildman–Crippen LogP) is 2.28. The van der Waals surface area contributed by atoms with Gasteiger partial charge in [-0.15, -0.1) is 0 Å². The summed E-state index contributed by atoms with van der Waals surface area (Å²) in [5.74, 6) is -0.231. The molecule has 2 saturated heterocycles. The fourth-order valence-corrected chi connectivity index (χ4v) is 7.37. The molecule has 0 spiro atoms. The Morgan fingerprint density at radius 1 is 1.09 bits per heavy atom. The van der Waals surface area contributed by atoms with Gasteiger partial charge in [-0.2, -0.15) is 4.31 Å². The lowest BCUT2D eigenvalue weighted by Crippen LogP contribution is -2.58. The molecule has 2 aliphatic heterocycles. The summed E-state index contributed by atoms with van der Waals surface area (Å²) < 4.78 is 28.5. The van der Waals surface area contributed by atoms with E-state index >= 15 is 0 Å². The number of nitrogens with zero attached hydrogens (tertiary/aromatic N) is 2. The predicted molar refractivity (Wildman–Crippen MR) is 129 cm³/mol. The van der Waals surface area contributed by atoms with Crippen LogP contribution in [0, 0.1) is 0 Å². The number of urea groups is 1. The Morgan fingerprint density at radius 2 is 1.70 bits per heavy atom. The number of benzene rings is 1. The lowest BCUT2D eigenvalue weighted by molar-refractivity contribution is -0.117. The number of amides is 3. The number of nitrogens with one attached hydrogen (secondary N) is 2. The van der Waals surface area contributed by atoms with E-state index in [0.717, 1.165) is 6.42 Å². The maximum Gasteiger partial charge on any atom is 0.317 e. The maximum absolute atomic E-state index is 13.5. The minimum absolute atomic E-state index is 0.0617. The van der Waals surface area contributed by atoms with Crippen LogP contribution in [0.15, 0.2) is 43.0 Å². The van der Waals surface area contributed by atoms with E-state index in [1.54, 1.807) is 9.21 Å². The highest BCUT2D eigenvalue weighted by Gasteiger charge is 2.43. The molecular formula is C24H36N4O4S. The Kier molecular flexibility index (Phi) is 8.53. The fourth-order valence-electron chi connectivity index (χ4n) is 5.04. The van der Waals surface area contributed by atoms with E-state index in [9.17, 15) is 18.0 Å². The van der Waals surface area contributed by atoms with Gasteiger partial charge >= 0.3 is 6.03 Å². The molecule has 2 N–H and O–H groups in total. The Morgan fingerprint density at radius 3 is 2.27 bits per heavy atom. The highest BCUT2D eigenvalue weighted by molar-refractivity contribution is 7.89. The van der Waals surface area contributed by atoms with Gasteiger partial charge in [-0.25, -0.2) is 13.2 Å². The molecule has 0 saturated carbocycles. The fraction of sp³-hybridized carbons (Fsp3) is 0.583. The van der Waals surface area contributed by atoms with Crippen LogP contribution < -0.4 is 10.6 Å². The standard InChI is InChI=1S/C24H36N4O4S/c1-4-23(29)26-21-16-18(2)28(19(3)17-21)33(31,32)22-11-14-27(15-12-22)24(30)25-13-10-20-8-6-5-7-9-20/h4-9,18-19,21-22H,1,10-17H2,2-3H3,(H,25,30)(H,26,29). The highest BCUT2D eigenvalue weighted by Crippen LogP contribution is 2.31. The number of carbonyl (C=O) groups is 2. The van der Waals surface area contributed by atoms with Crippen LogP contribution in [0.5, 0.6) is 0 Å². The third-order valence-corrected chi connectivity index (χ3v) is 9.25. The van der Waals surface area contributed by atoms with Crippen molar-refractivity contribution in [2.75, 3.05) is 19.6 Å². The second-order valence-electron chi connectivity index (χ2n) is 9.11. The summed E-state index contributed by atoms with van der Waals surface area (Å²) in [5, 5.41) is 5.35. The summed E-state index contributed by atoms with van der Waals surface area (Å²) in [4.78, 5) is 25.9. The molecule has 2 heterocycles. The number of carbonyl (C=O) groups excluding carboxylic acids is 2. The SMILES string of the molecule is C=CC(=O)NC1CC(C)N(S(=O)(=O)C2CCN(C(=O)NCCc3ccccc3)CC2)C(C)C1. The number of piperidine rings is 2. The smallest absolute Gasteiger partial charge is 0.317 e. The largest absolute Gasteiger partial charge is 0.350 e. The molecule has 33 heavy (non-hydrogen) atoms. The van der Waals surface area contributed by atoms with E-state index in [0.29, 0.717) is 45.3 Å². The zero-order valence-electron chi connectivity index (χ0n) is 19.6. The van der Waals surface area contributed by atoms with Crippen molar-refractivity contribution in [1.82, 2.24) is 19.8 Å². The monoisotopic (exact) mass is 476 g/mol. The summed E-state index contributed by atoms with van der Waals surface area (Å²) >= 11 is 0. The quantitative estimate of drug-likeness (QED) is 0.590. The maximum atomic E-state index is 13.5. The second-order valence-corrected chi connectivity index (χ2v) is 11.2. The van der Waals surface area contributed by atoms with Crippen LogP contribution in [0.25, 0.3) is 0 Å². The molecule has 0 aromatic heterocycles. The average Bonchev–Trinajstić information content (AvgIpc) is 2.79. The third kappa shape index (κ3) is 6.35. The molecule has 2 atom stereocenters. The van der Waals surface area contributed by atoms with Crippen LogP contribution in [0.1, 0.15) is 45.1 Å². The van der Waals surface area contributed by atoms with Gasteiger partial charge in [0.1, 0.15) is 0 Å². The summed E-state index contributed by atoms with van der Waals surface area (Å²) in [6.07, 6.45) is 4.01. The number of sulfonamides is 1. The molecule has 3 rings (SSSR count). The molecule has 0 radical (unpaired) electrons. The van der Waals surface area contributed by atoms with Crippen LogP contribution >= 0.6 is 0 Å². The van der Waals surface area contributed by atoms with Crippen molar-refractivity contribution in [2.24, 2.45) is 0 Å². The van der Waals surface area contributed by atoms with Gasteiger partial charge in [0.15, 0.2) is 0 Å². The van der Waals surface area contributed by atoms with Gasteiger partial charge in [0.2, 0.25) is 15.9 Å². The highest BCUT2D eigenvalue weighted by atomic mass is 32.2. The van der Waals surface area contributed by atoms with Crippen molar-refractivity contribution in [3.8, 4) is 0 Å². The summed E-state index contributed by atoms with van der Waals surface area (Å²) in [5.41, 5.74) is 1.17. The summed E-state index contributed by atoms with van der Waals surface area (Å²) in [7, 11) is -3.50. The summed E-state index contributed by atoms with van der Waals surface area (Å²) in [6.45, 7) is 8.68. The Bertz CT molecular complexity index is 917. The second kappa shape index (κ2) is 11.2. The third-order valence-electron chi connectivity index (χ3n) is 6.63.